The van der Waals surface area contributed by atoms with E-state index in [1.165, 1.54) is 6.33 Å². The van der Waals surface area contributed by atoms with Gasteiger partial charge in [0.15, 0.2) is 11.5 Å². The lowest BCUT2D eigenvalue weighted by Gasteiger charge is -2.21. The Kier molecular flexibility index (Phi) is 4.09. The van der Waals surface area contributed by atoms with Crippen LogP contribution in [-0.4, -0.2) is 33.9 Å². The summed E-state index contributed by atoms with van der Waals surface area (Å²) in [7, 11) is 0. The molecule has 0 amide bonds. The van der Waals surface area contributed by atoms with Gasteiger partial charge in [0, 0.05) is 6.20 Å². The van der Waals surface area contributed by atoms with Gasteiger partial charge in [-0.05, 0) is 44.0 Å². The molecule has 0 fully saturated rings. The number of aryl methyl sites for hydroxylation is 2. The summed E-state index contributed by atoms with van der Waals surface area (Å²) in [5, 5.41) is 3.36. The molecule has 1 aromatic carbocycles. The number of imidazole rings is 1. The lowest BCUT2D eigenvalue weighted by molar-refractivity contribution is 0.691. The number of para-hydroxylation sites is 1. The largest absolute Gasteiger partial charge is 0.358 e. The molecule has 2 N–H and O–H groups in total. The van der Waals surface area contributed by atoms with E-state index < -0.39 is 0 Å². The molecule has 0 radical (unpaired) electrons. The number of fused-ring (bicyclic) bond motifs is 2. The van der Waals surface area contributed by atoms with Gasteiger partial charge in [-0.25, -0.2) is 29.3 Å². The molecule has 4 aromatic heterocycles. The summed E-state index contributed by atoms with van der Waals surface area (Å²) in [6.07, 6.45) is 4.78. The van der Waals surface area contributed by atoms with Gasteiger partial charge in [0.05, 0.1) is 18.1 Å². The van der Waals surface area contributed by atoms with Gasteiger partial charge < -0.3 is 10.3 Å². The van der Waals surface area contributed by atoms with E-state index in [2.05, 4.69) is 25.3 Å². The Morgan fingerprint density at radius 1 is 1.07 bits per heavy atom. The smallest absolute Gasteiger partial charge is 0.339 e. The van der Waals surface area contributed by atoms with Gasteiger partial charge in [-0.2, -0.15) is 0 Å². The Labute approximate surface area is 171 Å². The fraction of sp³-hybridized carbons (Fsp3) is 0.190. The fourth-order valence-electron chi connectivity index (χ4n) is 3.80. The Balaban J connectivity index is 1.72. The molecule has 5 aromatic rings. The summed E-state index contributed by atoms with van der Waals surface area (Å²) in [6.45, 7) is 5.94. The first-order valence-electron chi connectivity index (χ1n) is 9.62. The molecule has 0 aliphatic carbocycles. The standard InChI is InChI=1S/C21H20N8O/c1-12-6-4-7-13(2)17(12)29-20(27-15-8-5-9-28(15)21(29)30)14(3)26-19-16-18(23-10-22-16)24-11-25-19/h4-11,14H,1-3H3,(H2,22,23,24,25,26). The maximum absolute atomic E-state index is 13.5. The molecular weight excluding hydrogens is 380 g/mol. The van der Waals surface area contributed by atoms with E-state index in [1.807, 2.05) is 51.1 Å². The maximum atomic E-state index is 13.5. The van der Waals surface area contributed by atoms with Gasteiger partial charge in [0.25, 0.3) is 0 Å². The first-order chi connectivity index (χ1) is 14.5. The highest BCUT2D eigenvalue weighted by molar-refractivity contribution is 5.82. The molecule has 150 valence electrons. The number of nitrogens with zero attached hydrogens (tertiary/aromatic N) is 6. The van der Waals surface area contributed by atoms with Crippen LogP contribution in [0, 0.1) is 13.8 Å². The van der Waals surface area contributed by atoms with Crippen molar-refractivity contribution in [2.45, 2.75) is 26.8 Å². The molecule has 9 heteroatoms. The number of H-pyrrole nitrogens is 1. The van der Waals surface area contributed by atoms with Crippen molar-refractivity contribution in [3.05, 3.63) is 76.6 Å². The number of hydrogen-bond acceptors (Lipinski definition) is 6. The van der Waals surface area contributed by atoms with Gasteiger partial charge in [-0.15, -0.1) is 0 Å². The molecule has 4 heterocycles. The normalized spacial score (nSPS) is 12.5. The Morgan fingerprint density at radius 2 is 1.87 bits per heavy atom. The second kappa shape index (κ2) is 6.80. The van der Waals surface area contributed by atoms with E-state index in [1.54, 1.807) is 21.5 Å². The van der Waals surface area contributed by atoms with E-state index in [0.717, 1.165) is 16.8 Å². The molecule has 9 nitrogen and oxygen atoms in total. The van der Waals surface area contributed by atoms with Gasteiger partial charge in [0.2, 0.25) is 0 Å². The summed E-state index contributed by atoms with van der Waals surface area (Å²) >= 11 is 0. The highest BCUT2D eigenvalue weighted by Gasteiger charge is 2.21. The van der Waals surface area contributed by atoms with Gasteiger partial charge in [-0.3, -0.25) is 4.40 Å². The third-order valence-electron chi connectivity index (χ3n) is 5.20. The molecule has 1 atom stereocenters. The summed E-state index contributed by atoms with van der Waals surface area (Å²) in [6, 6.07) is 9.29. The highest BCUT2D eigenvalue weighted by Crippen LogP contribution is 2.25. The minimum absolute atomic E-state index is 0.168. The van der Waals surface area contributed by atoms with Crippen molar-refractivity contribution in [2.75, 3.05) is 5.32 Å². The van der Waals surface area contributed by atoms with Crippen molar-refractivity contribution in [3.63, 3.8) is 0 Å². The zero-order valence-corrected chi connectivity index (χ0v) is 16.8. The van der Waals surface area contributed by atoms with Crippen molar-refractivity contribution in [2.24, 2.45) is 0 Å². The van der Waals surface area contributed by atoms with Crippen molar-refractivity contribution in [1.82, 2.24) is 33.9 Å². The molecule has 0 aliphatic rings. The number of aromatic nitrogens is 7. The SMILES string of the molecule is Cc1cccc(C)c1-n1c(C(C)Nc2ncnc3[nH]cnc23)nc2cccn2c1=O. The van der Waals surface area contributed by atoms with Crippen molar-refractivity contribution in [3.8, 4) is 5.69 Å². The lowest BCUT2D eigenvalue weighted by atomic mass is 10.1. The number of benzene rings is 1. The van der Waals surface area contributed by atoms with Crippen LogP contribution in [0.25, 0.3) is 22.5 Å². The van der Waals surface area contributed by atoms with Crippen LogP contribution in [-0.2, 0) is 0 Å². The van der Waals surface area contributed by atoms with Crippen LogP contribution in [0.3, 0.4) is 0 Å². The lowest BCUT2D eigenvalue weighted by Crippen LogP contribution is -2.32. The number of nitrogens with one attached hydrogen (secondary N) is 2. The zero-order chi connectivity index (χ0) is 20.8. The number of anilines is 1. The van der Waals surface area contributed by atoms with Gasteiger partial charge in [0.1, 0.15) is 23.3 Å². The Hall–Kier alpha value is -4.01. The van der Waals surface area contributed by atoms with Crippen LogP contribution in [0.5, 0.6) is 0 Å². The van der Waals surface area contributed by atoms with Crippen molar-refractivity contribution >= 4 is 22.6 Å². The van der Waals surface area contributed by atoms with Crippen LogP contribution in [0.15, 0.2) is 54.0 Å². The highest BCUT2D eigenvalue weighted by atomic mass is 16.1. The zero-order valence-electron chi connectivity index (χ0n) is 16.8. The monoisotopic (exact) mass is 400 g/mol. The maximum Gasteiger partial charge on any atom is 0.339 e. The minimum atomic E-state index is -0.327. The third kappa shape index (κ3) is 2.74. The average Bonchev–Trinajstić information content (AvgIpc) is 3.39. The van der Waals surface area contributed by atoms with E-state index in [0.29, 0.717) is 28.5 Å². The van der Waals surface area contributed by atoms with Crippen LogP contribution in [0.1, 0.15) is 29.9 Å². The van der Waals surface area contributed by atoms with E-state index in [4.69, 9.17) is 4.98 Å². The van der Waals surface area contributed by atoms with Crippen molar-refractivity contribution in [1.29, 1.82) is 0 Å². The van der Waals surface area contributed by atoms with Crippen LogP contribution in [0.2, 0.25) is 0 Å². The molecule has 0 aliphatic heterocycles. The second-order valence-corrected chi connectivity index (χ2v) is 7.25. The van der Waals surface area contributed by atoms with E-state index in [9.17, 15) is 4.79 Å². The van der Waals surface area contributed by atoms with Crippen LogP contribution in [0.4, 0.5) is 5.82 Å². The van der Waals surface area contributed by atoms with E-state index in [-0.39, 0.29) is 11.7 Å². The quantitative estimate of drug-likeness (QED) is 0.480. The third-order valence-corrected chi connectivity index (χ3v) is 5.20. The molecule has 0 spiro atoms. The number of aromatic amines is 1. The molecule has 0 saturated carbocycles. The minimum Gasteiger partial charge on any atom is -0.358 e. The van der Waals surface area contributed by atoms with Crippen LogP contribution < -0.4 is 11.0 Å². The summed E-state index contributed by atoms with van der Waals surface area (Å²) in [5.74, 6) is 1.16. The Morgan fingerprint density at radius 3 is 2.67 bits per heavy atom. The van der Waals surface area contributed by atoms with Crippen molar-refractivity contribution < 1.29 is 0 Å². The second-order valence-electron chi connectivity index (χ2n) is 7.25. The van der Waals surface area contributed by atoms with Crippen LogP contribution >= 0.6 is 0 Å². The first-order valence-corrected chi connectivity index (χ1v) is 9.62. The number of rotatable bonds is 4. The molecule has 0 bridgehead atoms. The summed E-state index contributed by atoms with van der Waals surface area (Å²) < 4.78 is 3.23. The number of hydrogen-bond donors (Lipinski definition) is 2. The average molecular weight is 400 g/mol. The van der Waals surface area contributed by atoms with E-state index >= 15 is 0 Å². The summed E-state index contributed by atoms with van der Waals surface area (Å²) in [5.41, 5.74) is 4.53. The molecule has 0 saturated heterocycles. The molecule has 5 rings (SSSR count). The molecule has 1 unspecified atom stereocenters. The van der Waals surface area contributed by atoms with Gasteiger partial charge >= 0.3 is 5.69 Å². The fourth-order valence-corrected chi connectivity index (χ4v) is 3.80. The predicted octanol–water partition coefficient (Wildman–Crippen LogP) is 2.94. The predicted molar refractivity (Wildman–Crippen MR) is 114 cm³/mol. The molecular formula is C21H20N8O. The van der Waals surface area contributed by atoms with Gasteiger partial charge in [-0.1, -0.05) is 18.2 Å². The summed E-state index contributed by atoms with van der Waals surface area (Å²) in [4.78, 5) is 34.1. The molecule has 30 heavy (non-hydrogen) atoms. The topological polar surface area (TPSA) is 106 Å². The first kappa shape index (κ1) is 18.0. The Bertz CT molecular complexity index is 1420.